The van der Waals surface area contributed by atoms with Crippen molar-refractivity contribution in [1.82, 2.24) is 14.4 Å². The number of benzene rings is 1. The van der Waals surface area contributed by atoms with E-state index in [0.29, 0.717) is 29.6 Å². The van der Waals surface area contributed by atoms with Gasteiger partial charge >= 0.3 is 0 Å². The Morgan fingerprint density at radius 1 is 1.18 bits per heavy atom. The van der Waals surface area contributed by atoms with E-state index in [1.54, 1.807) is 18.7 Å². The SMILES string of the molecule is Cc1noc(C)c1S(=O)(=O)N1CCN(C(=O)CSCc2ccc(Cl)cc2)CC1. The molecule has 3 rings (SSSR count). The minimum Gasteiger partial charge on any atom is -0.360 e. The van der Waals surface area contributed by atoms with Gasteiger partial charge in [-0.3, -0.25) is 4.79 Å². The van der Waals surface area contributed by atoms with E-state index in [-0.39, 0.29) is 29.7 Å². The molecule has 2 aromatic rings. The number of carbonyl (C=O) groups is 1. The van der Waals surface area contributed by atoms with Gasteiger partial charge in [0.25, 0.3) is 0 Å². The highest BCUT2D eigenvalue weighted by Crippen LogP contribution is 2.24. The lowest BCUT2D eigenvalue weighted by atomic mass is 10.2. The summed E-state index contributed by atoms with van der Waals surface area (Å²) in [6.45, 7) is 4.48. The molecule has 1 aromatic heterocycles. The molecule has 0 radical (unpaired) electrons. The van der Waals surface area contributed by atoms with Crippen LogP contribution in [0, 0.1) is 13.8 Å². The zero-order valence-electron chi connectivity index (χ0n) is 15.7. The van der Waals surface area contributed by atoms with Crippen LogP contribution in [0.3, 0.4) is 0 Å². The molecule has 7 nitrogen and oxygen atoms in total. The molecule has 0 bridgehead atoms. The molecule has 152 valence electrons. The van der Waals surface area contributed by atoms with Crippen LogP contribution in [0.15, 0.2) is 33.7 Å². The van der Waals surface area contributed by atoms with Gasteiger partial charge in [0, 0.05) is 37.0 Å². The van der Waals surface area contributed by atoms with Gasteiger partial charge in [0.05, 0.1) is 5.75 Å². The number of halogens is 1. The molecule has 1 aliphatic heterocycles. The average molecular weight is 444 g/mol. The molecule has 28 heavy (non-hydrogen) atoms. The molecule has 0 atom stereocenters. The predicted molar refractivity (Wildman–Crippen MR) is 109 cm³/mol. The van der Waals surface area contributed by atoms with Crippen LogP contribution < -0.4 is 0 Å². The van der Waals surface area contributed by atoms with E-state index in [1.165, 1.54) is 16.1 Å². The lowest BCUT2D eigenvalue weighted by Gasteiger charge is -2.33. The standard InChI is InChI=1S/C18H22ClN3O4S2/c1-13-18(14(2)26-20-13)28(24,25)22-9-7-21(8-10-22)17(23)12-27-11-15-3-5-16(19)6-4-15/h3-6H,7-12H2,1-2H3. The monoisotopic (exact) mass is 443 g/mol. The lowest BCUT2D eigenvalue weighted by Crippen LogP contribution is -2.51. The van der Waals surface area contributed by atoms with Crippen LogP contribution in [-0.4, -0.2) is 60.6 Å². The molecular formula is C18H22ClN3O4S2. The summed E-state index contributed by atoms with van der Waals surface area (Å²) in [5.74, 6) is 1.39. The number of rotatable bonds is 6. The van der Waals surface area contributed by atoms with Gasteiger partial charge in [0.2, 0.25) is 15.9 Å². The predicted octanol–water partition coefficient (Wildman–Crippen LogP) is 2.71. The Balaban J connectivity index is 1.50. The molecule has 1 saturated heterocycles. The number of hydrogen-bond donors (Lipinski definition) is 0. The van der Waals surface area contributed by atoms with E-state index in [4.69, 9.17) is 16.1 Å². The van der Waals surface area contributed by atoms with E-state index < -0.39 is 10.0 Å². The fraction of sp³-hybridized carbons (Fsp3) is 0.444. The number of aromatic nitrogens is 1. The van der Waals surface area contributed by atoms with Gasteiger partial charge in [-0.25, -0.2) is 8.42 Å². The minimum atomic E-state index is -3.66. The van der Waals surface area contributed by atoms with Crippen molar-refractivity contribution in [3.63, 3.8) is 0 Å². The van der Waals surface area contributed by atoms with Crippen LogP contribution in [0.2, 0.25) is 5.02 Å². The van der Waals surface area contributed by atoms with Crippen molar-refractivity contribution in [3.05, 3.63) is 46.3 Å². The van der Waals surface area contributed by atoms with Crippen LogP contribution in [0.1, 0.15) is 17.0 Å². The summed E-state index contributed by atoms with van der Waals surface area (Å²) in [7, 11) is -3.66. The first-order valence-electron chi connectivity index (χ1n) is 8.82. The molecule has 1 aliphatic rings. The Labute approximate surface area is 174 Å². The zero-order valence-corrected chi connectivity index (χ0v) is 18.1. The number of thioether (sulfide) groups is 1. The molecule has 0 N–H and O–H groups in total. The third-order valence-electron chi connectivity index (χ3n) is 4.56. The van der Waals surface area contributed by atoms with Crippen molar-refractivity contribution in [2.24, 2.45) is 0 Å². The van der Waals surface area contributed by atoms with E-state index in [2.05, 4.69) is 5.16 Å². The first-order chi connectivity index (χ1) is 13.3. The summed E-state index contributed by atoms with van der Waals surface area (Å²) in [5, 5.41) is 4.42. The van der Waals surface area contributed by atoms with Crippen LogP contribution in [0.5, 0.6) is 0 Å². The van der Waals surface area contributed by atoms with Gasteiger partial charge in [-0.2, -0.15) is 4.31 Å². The zero-order chi connectivity index (χ0) is 20.3. The van der Waals surface area contributed by atoms with E-state index in [1.807, 2.05) is 24.3 Å². The van der Waals surface area contributed by atoms with Crippen LogP contribution in [0.25, 0.3) is 0 Å². The Morgan fingerprint density at radius 2 is 1.82 bits per heavy atom. The van der Waals surface area contributed by atoms with E-state index in [0.717, 1.165) is 11.3 Å². The Morgan fingerprint density at radius 3 is 2.39 bits per heavy atom. The molecule has 0 saturated carbocycles. The summed E-state index contributed by atoms with van der Waals surface area (Å²) < 4.78 is 32.0. The Kier molecular flexibility index (Phi) is 6.69. The fourth-order valence-electron chi connectivity index (χ4n) is 3.08. The maximum Gasteiger partial charge on any atom is 0.248 e. The normalized spacial score (nSPS) is 15.8. The number of amides is 1. The average Bonchev–Trinajstić information content (AvgIpc) is 3.02. The second-order valence-corrected chi connectivity index (χ2v) is 9.85. The van der Waals surface area contributed by atoms with E-state index >= 15 is 0 Å². The minimum absolute atomic E-state index is 0.0216. The van der Waals surface area contributed by atoms with Crippen molar-refractivity contribution >= 4 is 39.3 Å². The van der Waals surface area contributed by atoms with Crippen molar-refractivity contribution in [1.29, 1.82) is 0 Å². The van der Waals surface area contributed by atoms with Crippen molar-refractivity contribution in [3.8, 4) is 0 Å². The maximum absolute atomic E-state index is 12.8. The third-order valence-corrected chi connectivity index (χ3v) is 7.95. The van der Waals surface area contributed by atoms with Crippen LogP contribution in [0.4, 0.5) is 0 Å². The van der Waals surface area contributed by atoms with Gasteiger partial charge in [-0.05, 0) is 31.5 Å². The lowest BCUT2D eigenvalue weighted by molar-refractivity contribution is -0.129. The summed E-state index contributed by atoms with van der Waals surface area (Å²) in [6.07, 6.45) is 0. The Hall–Kier alpha value is -1.55. The summed E-state index contributed by atoms with van der Waals surface area (Å²) in [4.78, 5) is 14.3. The quantitative estimate of drug-likeness (QED) is 0.682. The molecule has 0 spiro atoms. The third kappa shape index (κ3) is 4.71. The highest BCUT2D eigenvalue weighted by Gasteiger charge is 2.34. The topological polar surface area (TPSA) is 83.7 Å². The summed E-state index contributed by atoms with van der Waals surface area (Å²) in [6, 6.07) is 7.55. The second kappa shape index (κ2) is 8.86. The van der Waals surface area contributed by atoms with Crippen molar-refractivity contribution < 1.29 is 17.7 Å². The van der Waals surface area contributed by atoms with Gasteiger partial charge in [0.15, 0.2) is 5.76 Å². The first kappa shape index (κ1) is 21.2. The highest BCUT2D eigenvalue weighted by atomic mass is 35.5. The number of carbonyl (C=O) groups excluding carboxylic acids is 1. The van der Waals surface area contributed by atoms with Crippen molar-refractivity contribution in [2.75, 3.05) is 31.9 Å². The fourth-order valence-corrected chi connectivity index (χ4v) is 5.80. The molecule has 10 heteroatoms. The number of hydrogen-bond acceptors (Lipinski definition) is 6. The first-order valence-corrected chi connectivity index (χ1v) is 11.8. The Bertz CT molecular complexity index is 917. The smallest absolute Gasteiger partial charge is 0.248 e. The number of sulfonamides is 1. The summed E-state index contributed by atoms with van der Waals surface area (Å²) >= 11 is 7.40. The summed E-state index contributed by atoms with van der Waals surface area (Å²) in [5.41, 5.74) is 1.46. The molecule has 1 amide bonds. The molecule has 1 fully saturated rings. The molecule has 0 aliphatic carbocycles. The molecular weight excluding hydrogens is 422 g/mol. The number of aryl methyl sites for hydroxylation is 2. The molecule has 1 aromatic carbocycles. The number of piperazine rings is 1. The van der Waals surface area contributed by atoms with Crippen LogP contribution in [-0.2, 0) is 20.6 Å². The second-order valence-electron chi connectivity index (χ2n) is 6.56. The molecule has 2 heterocycles. The van der Waals surface area contributed by atoms with Gasteiger partial charge < -0.3 is 9.42 Å². The van der Waals surface area contributed by atoms with E-state index in [9.17, 15) is 13.2 Å². The van der Waals surface area contributed by atoms with Gasteiger partial charge in [-0.1, -0.05) is 28.9 Å². The maximum atomic E-state index is 12.8. The van der Waals surface area contributed by atoms with Gasteiger partial charge in [-0.15, -0.1) is 11.8 Å². The number of nitrogens with zero attached hydrogens (tertiary/aromatic N) is 3. The van der Waals surface area contributed by atoms with Gasteiger partial charge in [0.1, 0.15) is 10.6 Å². The molecule has 0 unspecified atom stereocenters. The van der Waals surface area contributed by atoms with Crippen molar-refractivity contribution in [2.45, 2.75) is 24.5 Å². The highest BCUT2D eigenvalue weighted by molar-refractivity contribution is 7.99. The van der Waals surface area contributed by atoms with Crippen LogP contribution >= 0.6 is 23.4 Å². The largest absolute Gasteiger partial charge is 0.360 e.